The first-order valence-corrected chi connectivity index (χ1v) is 6.23. The van der Waals surface area contributed by atoms with Gasteiger partial charge in [-0.05, 0) is 24.2 Å². The lowest BCUT2D eigenvalue weighted by Gasteiger charge is -2.24. The number of alkyl halides is 1. The molecule has 2 nitrogen and oxygen atoms in total. The van der Waals surface area contributed by atoms with Gasteiger partial charge in [-0.1, -0.05) is 27.7 Å². The second-order valence-corrected chi connectivity index (χ2v) is 5.71. The Morgan fingerprint density at radius 2 is 2.00 bits per heavy atom. The molecular formula is C12H24ClNO. The predicted molar refractivity (Wildman–Crippen MR) is 66.2 cm³/mol. The molecule has 3 heteroatoms. The summed E-state index contributed by atoms with van der Waals surface area (Å²) in [4.78, 5) is 11.4. The fraction of sp³-hybridized carbons (Fsp3) is 0.917. The summed E-state index contributed by atoms with van der Waals surface area (Å²) in [5, 5.41) is 2.98. The molecular weight excluding hydrogens is 210 g/mol. The molecule has 0 saturated carbocycles. The van der Waals surface area contributed by atoms with Gasteiger partial charge in [0.25, 0.3) is 0 Å². The van der Waals surface area contributed by atoms with Crippen LogP contribution in [0.5, 0.6) is 0 Å². The molecule has 0 aliphatic heterocycles. The van der Waals surface area contributed by atoms with E-state index in [0.717, 1.165) is 19.4 Å². The van der Waals surface area contributed by atoms with E-state index in [-0.39, 0.29) is 11.3 Å². The van der Waals surface area contributed by atoms with Gasteiger partial charge in [0.05, 0.1) is 0 Å². The molecule has 0 saturated heterocycles. The smallest absolute Gasteiger partial charge is 0.220 e. The van der Waals surface area contributed by atoms with Gasteiger partial charge in [-0.25, -0.2) is 0 Å². The van der Waals surface area contributed by atoms with Crippen LogP contribution in [0.4, 0.5) is 0 Å². The molecule has 0 bridgehead atoms. The molecule has 0 heterocycles. The van der Waals surface area contributed by atoms with E-state index in [0.29, 0.717) is 18.2 Å². The molecule has 15 heavy (non-hydrogen) atoms. The summed E-state index contributed by atoms with van der Waals surface area (Å²) >= 11 is 5.65. The number of nitrogens with one attached hydrogen (secondary N) is 1. The highest BCUT2D eigenvalue weighted by Gasteiger charge is 2.18. The van der Waals surface area contributed by atoms with E-state index >= 15 is 0 Å². The van der Waals surface area contributed by atoms with Crippen LogP contribution in [0.3, 0.4) is 0 Å². The number of hydrogen-bond acceptors (Lipinski definition) is 1. The van der Waals surface area contributed by atoms with Gasteiger partial charge in [0, 0.05) is 18.8 Å². The minimum absolute atomic E-state index is 0.154. The van der Waals surface area contributed by atoms with Crippen molar-refractivity contribution in [2.24, 2.45) is 11.3 Å². The summed E-state index contributed by atoms with van der Waals surface area (Å²) < 4.78 is 0. The summed E-state index contributed by atoms with van der Waals surface area (Å²) in [7, 11) is 0. The van der Waals surface area contributed by atoms with Crippen molar-refractivity contribution in [1.29, 1.82) is 0 Å². The van der Waals surface area contributed by atoms with Crippen molar-refractivity contribution in [3.63, 3.8) is 0 Å². The normalized spacial score (nSPS) is 11.9. The Morgan fingerprint density at radius 3 is 2.47 bits per heavy atom. The minimum atomic E-state index is 0.154. The zero-order chi connectivity index (χ0) is 11.9. The lowest BCUT2D eigenvalue weighted by molar-refractivity contribution is -0.122. The van der Waals surface area contributed by atoms with Crippen LogP contribution >= 0.6 is 11.6 Å². The van der Waals surface area contributed by atoms with Crippen molar-refractivity contribution in [3.8, 4) is 0 Å². The Hall–Kier alpha value is -0.240. The fourth-order valence-electron chi connectivity index (χ4n) is 1.41. The molecule has 0 aliphatic rings. The maximum atomic E-state index is 11.4. The number of hydrogen-bond donors (Lipinski definition) is 1. The Morgan fingerprint density at radius 1 is 1.40 bits per heavy atom. The van der Waals surface area contributed by atoms with Gasteiger partial charge in [0.2, 0.25) is 5.91 Å². The average molecular weight is 234 g/mol. The van der Waals surface area contributed by atoms with Gasteiger partial charge in [-0.3, -0.25) is 4.79 Å². The van der Waals surface area contributed by atoms with E-state index in [4.69, 9.17) is 11.6 Å². The SMILES string of the molecule is CC(C)CC(=O)NCC(C)(C)CCCCl. The summed E-state index contributed by atoms with van der Waals surface area (Å²) in [6.07, 6.45) is 2.68. The number of amides is 1. The minimum Gasteiger partial charge on any atom is -0.356 e. The quantitative estimate of drug-likeness (QED) is 0.673. The molecule has 0 spiro atoms. The zero-order valence-corrected chi connectivity index (χ0v) is 11.2. The lowest BCUT2D eigenvalue weighted by atomic mass is 9.88. The van der Waals surface area contributed by atoms with Crippen LogP contribution in [-0.2, 0) is 4.79 Å². The molecule has 0 radical (unpaired) electrons. The Kier molecular flexibility index (Phi) is 6.99. The van der Waals surface area contributed by atoms with Crippen LogP contribution in [0.1, 0.15) is 47.0 Å². The van der Waals surface area contributed by atoms with Crippen LogP contribution in [0.15, 0.2) is 0 Å². The lowest BCUT2D eigenvalue weighted by Crippen LogP contribution is -2.34. The third kappa shape index (κ3) is 8.73. The van der Waals surface area contributed by atoms with Crippen LogP contribution in [0.25, 0.3) is 0 Å². The highest BCUT2D eigenvalue weighted by molar-refractivity contribution is 6.17. The zero-order valence-electron chi connectivity index (χ0n) is 10.4. The van der Waals surface area contributed by atoms with Crippen molar-refractivity contribution < 1.29 is 4.79 Å². The van der Waals surface area contributed by atoms with Gasteiger partial charge < -0.3 is 5.32 Å². The van der Waals surface area contributed by atoms with E-state index in [1.807, 2.05) is 0 Å². The second-order valence-electron chi connectivity index (χ2n) is 5.33. The van der Waals surface area contributed by atoms with E-state index < -0.39 is 0 Å². The maximum absolute atomic E-state index is 11.4. The molecule has 0 fully saturated rings. The summed E-state index contributed by atoms with van der Waals surface area (Å²) in [5.41, 5.74) is 0.154. The molecule has 0 atom stereocenters. The van der Waals surface area contributed by atoms with E-state index in [1.165, 1.54) is 0 Å². The number of carbonyl (C=O) groups excluding carboxylic acids is 1. The van der Waals surface area contributed by atoms with Crippen LogP contribution in [-0.4, -0.2) is 18.3 Å². The predicted octanol–water partition coefficient (Wildman–Crippen LogP) is 3.19. The number of rotatable bonds is 7. The first-order chi connectivity index (χ1) is 6.87. The molecule has 0 rings (SSSR count). The summed E-state index contributed by atoms with van der Waals surface area (Å²) in [6, 6.07) is 0. The Labute approximate surface area is 98.8 Å². The van der Waals surface area contributed by atoms with Crippen LogP contribution < -0.4 is 5.32 Å². The van der Waals surface area contributed by atoms with Crippen molar-refractivity contribution in [2.75, 3.05) is 12.4 Å². The second kappa shape index (κ2) is 7.10. The first kappa shape index (κ1) is 14.8. The number of carbonyl (C=O) groups is 1. The Bertz CT molecular complexity index is 190. The first-order valence-electron chi connectivity index (χ1n) is 5.70. The Balaban J connectivity index is 3.77. The molecule has 1 amide bonds. The van der Waals surface area contributed by atoms with E-state index in [1.54, 1.807) is 0 Å². The topological polar surface area (TPSA) is 29.1 Å². The van der Waals surface area contributed by atoms with Crippen molar-refractivity contribution in [3.05, 3.63) is 0 Å². The largest absolute Gasteiger partial charge is 0.356 e. The summed E-state index contributed by atoms with van der Waals surface area (Å²) in [5.74, 6) is 1.28. The van der Waals surface area contributed by atoms with Gasteiger partial charge >= 0.3 is 0 Å². The number of halogens is 1. The molecule has 0 aromatic rings. The van der Waals surface area contributed by atoms with Crippen molar-refractivity contribution >= 4 is 17.5 Å². The fourth-order valence-corrected chi connectivity index (χ4v) is 1.55. The van der Waals surface area contributed by atoms with Gasteiger partial charge in [0.1, 0.15) is 0 Å². The van der Waals surface area contributed by atoms with Gasteiger partial charge in [-0.15, -0.1) is 11.6 Å². The monoisotopic (exact) mass is 233 g/mol. The molecule has 90 valence electrons. The molecule has 0 unspecified atom stereocenters. The highest BCUT2D eigenvalue weighted by atomic mass is 35.5. The summed E-state index contributed by atoms with van der Waals surface area (Å²) in [6.45, 7) is 9.18. The van der Waals surface area contributed by atoms with E-state index in [2.05, 4.69) is 33.0 Å². The third-order valence-corrected chi connectivity index (χ3v) is 2.61. The van der Waals surface area contributed by atoms with Crippen molar-refractivity contribution in [2.45, 2.75) is 47.0 Å². The maximum Gasteiger partial charge on any atom is 0.220 e. The highest BCUT2D eigenvalue weighted by Crippen LogP contribution is 2.21. The third-order valence-electron chi connectivity index (χ3n) is 2.34. The molecule has 0 aromatic carbocycles. The standard InChI is InChI=1S/C12H24ClNO/c1-10(2)8-11(15)14-9-12(3,4)6-5-7-13/h10H,5-9H2,1-4H3,(H,14,15). The molecule has 1 N–H and O–H groups in total. The molecule has 0 aromatic heterocycles. The van der Waals surface area contributed by atoms with Crippen molar-refractivity contribution in [1.82, 2.24) is 5.32 Å². The van der Waals surface area contributed by atoms with Crippen LogP contribution in [0.2, 0.25) is 0 Å². The van der Waals surface area contributed by atoms with E-state index in [9.17, 15) is 4.79 Å². The molecule has 0 aliphatic carbocycles. The average Bonchev–Trinajstić information content (AvgIpc) is 2.11. The van der Waals surface area contributed by atoms with Gasteiger partial charge in [-0.2, -0.15) is 0 Å². The van der Waals surface area contributed by atoms with Gasteiger partial charge in [0.15, 0.2) is 0 Å². The van der Waals surface area contributed by atoms with Crippen LogP contribution in [0, 0.1) is 11.3 Å².